The summed E-state index contributed by atoms with van der Waals surface area (Å²) in [6, 6.07) is 10.6. The minimum Gasteiger partial charge on any atom is -0.309 e. The maximum Gasteiger partial charge on any atom is 0.0818 e. The fraction of sp³-hybridized carbons (Fsp3) is 0.529. The first-order valence-corrected chi connectivity index (χ1v) is 8.00. The zero-order valence-electron chi connectivity index (χ0n) is 12.9. The van der Waals surface area contributed by atoms with Gasteiger partial charge >= 0.3 is 0 Å². The molecule has 3 atom stereocenters. The molecule has 0 radical (unpaired) electrons. The molecule has 1 saturated carbocycles. The van der Waals surface area contributed by atoms with Gasteiger partial charge in [0.1, 0.15) is 0 Å². The fourth-order valence-corrected chi connectivity index (χ4v) is 3.59. The van der Waals surface area contributed by atoms with Crippen LogP contribution in [-0.4, -0.2) is 21.5 Å². The van der Waals surface area contributed by atoms with E-state index in [1.54, 1.807) is 0 Å². The third-order valence-corrected chi connectivity index (χ3v) is 4.68. The molecule has 0 spiro atoms. The molecule has 4 nitrogen and oxygen atoms in total. The van der Waals surface area contributed by atoms with Crippen LogP contribution in [0.15, 0.2) is 36.5 Å². The molecule has 1 heterocycles. The van der Waals surface area contributed by atoms with E-state index in [1.165, 1.54) is 25.0 Å². The predicted molar refractivity (Wildman–Crippen MR) is 84.3 cm³/mol. The number of aromatic nitrogens is 3. The van der Waals surface area contributed by atoms with E-state index in [4.69, 9.17) is 0 Å². The number of rotatable bonds is 5. The van der Waals surface area contributed by atoms with Crippen LogP contribution < -0.4 is 5.32 Å². The molecule has 1 fully saturated rings. The molecule has 0 aliphatic heterocycles. The minimum atomic E-state index is 0.336. The zero-order valence-corrected chi connectivity index (χ0v) is 12.9. The van der Waals surface area contributed by atoms with Gasteiger partial charge in [-0.2, -0.15) is 0 Å². The van der Waals surface area contributed by atoms with E-state index in [-0.39, 0.29) is 0 Å². The van der Waals surface area contributed by atoms with Gasteiger partial charge in [0.25, 0.3) is 0 Å². The largest absolute Gasteiger partial charge is 0.309 e. The number of nitrogens with one attached hydrogen (secondary N) is 1. The Hall–Kier alpha value is -1.68. The van der Waals surface area contributed by atoms with Crippen molar-refractivity contribution in [1.29, 1.82) is 0 Å². The Morgan fingerprint density at radius 2 is 2.10 bits per heavy atom. The van der Waals surface area contributed by atoms with Gasteiger partial charge in [0, 0.05) is 0 Å². The predicted octanol–water partition coefficient (Wildman–Crippen LogP) is 3.35. The fourth-order valence-electron chi connectivity index (χ4n) is 3.59. The summed E-state index contributed by atoms with van der Waals surface area (Å²) in [7, 11) is 0. The van der Waals surface area contributed by atoms with Crippen LogP contribution in [0.4, 0.5) is 0 Å². The molecule has 3 rings (SSSR count). The second kappa shape index (κ2) is 6.39. The van der Waals surface area contributed by atoms with E-state index in [1.807, 2.05) is 29.1 Å². The highest BCUT2D eigenvalue weighted by Crippen LogP contribution is 2.40. The summed E-state index contributed by atoms with van der Waals surface area (Å²) in [5.74, 6) is 1.43. The Balaban J connectivity index is 1.95. The Bertz CT molecular complexity index is 563. The molecule has 3 unspecified atom stereocenters. The first-order chi connectivity index (χ1) is 10.3. The SMILES string of the molecule is CCNC(c1cnnn1-c1ccccc1)C1CCCC1C. The van der Waals surface area contributed by atoms with Gasteiger partial charge in [-0.25, -0.2) is 4.68 Å². The average Bonchev–Trinajstić information content (AvgIpc) is 3.15. The van der Waals surface area contributed by atoms with Gasteiger partial charge in [0.05, 0.1) is 23.6 Å². The van der Waals surface area contributed by atoms with Crippen molar-refractivity contribution < 1.29 is 0 Å². The second-order valence-electron chi connectivity index (χ2n) is 6.01. The van der Waals surface area contributed by atoms with E-state index in [0.717, 1.165) is 18.2 Å². The molecule has 1 aliphatic rings. The standard InChI is InChI=1S/C17H24N4/c1-3-18-17(15-11-7-8-13(15)2)16-12-19-20-21(16)14-9-5-4-6-10-14/h4-6,9-10,12-13,15,17-18H,3,7-8,11H2,1-2H3. The molecule has 2 aromatic rings. The maximum absolute atomic E-state index is 4.31. The van der Waals surface area contributed by atoms with E-state index >= 15 is 0 Å². The first-order valence-electron chi connectivity index (χ1n) is 8.00. The van der Waals surface area contributed by atoms with Crippen molar-refractivity contribution >= 4 is 0 Å². The lowest BCUT2D eigenvalue weighted by Gasteiger charge is -2.27. The van der Waals surface area contributed by atoms with E-state index in [0.29, 0.717) is 12.0 Å². The Kier molecular flexibility index (Phi) is 4.34. The first kappa shape index (κ1) is 14.3. The second-order valence-corrected chi connectivity index (χ2v) is 6.01. The minimum absolute atomic E-state index is 0.336. The van der Waals surface area contributed by atoms with Crippen molar-refractivity contribution in [2.45, 2.75) is 39.2 Å². The van der Waals surface area contributed by atoms with Crippen LogP contribution >= 0.6 is 0 Å². The van der Waals surface area contributed by atoms with Crippen LogP contribution in [0, 0.1) is 11.8 Å². The van der Waals surface area contributed by atoms with Crippen LogP contribution in [0.25, 0.3) is 5.69 Å². The van der Waals surface area contributed by atoms with Crippen molar-refractivity contribution in [3.05, 3.63) is 42.2 Å². The highest BCUT2D eigenvalue weighted by Gasteiger charge is 2.33. The summed E-state index contributed by atoms with van der Waals surface area (Å²) in [6.07, 6.45) is 5.88. The summed E-state index contributed by atoms with van der Waals surface area (Å²) in [5.41, 5.74) is 2.26. The molecule has 112 valence electrons. The number of hydrogen-bond donors (Lipinski definition) is 1. The summed E-state index contributed by atoms with van der Waals surface area (Å²) >= 11 is 0. The van der Waals surface area contributed by atoms with E-state index in [2.05, 4.69) is 41.6 Å². The number of hydrogen-bond acceptors (Lipinski definition) is 3. The van der Waals surface area contributed by atoms with Crippen molar-refractivity contribution in [2.24, 2.45) is 11.8 Å². The van der Waals surface area contributed by atoms with Gasteiger partial charge in [-0.15, -0.1) is 5.10 Å². The van der Waals surface area contributed by atoms with Crippen LogP contribution in [-0.2, 0) is 0 Å². The molecule has 1 aliphatic carbocycles. The maximum atomic E-state index is 4.31. The quantitative estimate of drug-likeness (QED) is 0.915. The van der Waals surface area contributed by atoms with Gasteiger partial charge in [0.15, 0.2) is 0 Å². The van der Waals surface area contributed by atoms with Gasteiger partial charge in [0.2, 0.25) is 0 Å². The molecule has 1 N–H and O–H groups in total. The number of nitrogens with zero attached hydrogens (tertiary/aromatic N) is 3. The summed E-state index contributed by atoms with van der Waals surface area (Å²) in [6.45, 7) is 5.51. The van der Waals surface area contributed by atoms with Crippen molar-refractivity contribution in [2.75, 3.05) is 6.54 Å². The van der Waals surface area contributed by atoms with Crippen LogP contribution in [0.2, 0.25) is 0 Å². The smallest absolute Gasteiger partial charge is 0.0818 e. The molecular formula is C17H24N4. The molecular weight excluding hydrogens is 260 g/mol. The molecule has 0 bridgehead atoms. The molecule has 1 aromatic heterocycles. The van der Waals surface area contributed by atoms with Crippen molar-refractivity contribution in [3.8, 4) is 5.69 Å². The van der Waals surface area contributed by atoms with E-state index < -0.39 is 0 Å². The van der Waals surface area contributed by atoms with Gasteiger partial charge in [-0.05, 0) is 36.9 Å². The Morgan fingerprint density at radius 1 is 1.29 bits per heavy atom. The van der Waals surface area contributed by atoms with Crippen LogP contribution in [0.5, 0.6) is 0 Å². The van der Waals surface area contributed by atoms with Crippen LogP contribution in [0.3, 0.4) is 0 Å². The van der Waals surface area contributed by atoms with Crippen molar-refractivity contribution in [3.63, 3.8) is 0 Å². The summed E-state index contributed by atoms with van der Waals surface area (Å²) < 4.78 is 1.98. The number of benzene rings is 1. The lowest BCUT2D eigenvalue weighted by atomic mass is 9.88. The van der Waals surface area contributed by atoms with Crippen molar-refractivity contribution in [1.82, 2.24) is 20.3 Å². The Morgan fingerprint density at radius 3 is 2.76 bits per heavy atom. The third-order valence-electron chi connectivity index (χ3n) is 4.68. The molecule has 0 amide bonds. The third kappa shape index (κ3) is 2.86. The normalized spacial score (nSPS) is 23.3. The Labute approximate surface area is 126 Å². The summed E-state index contributed by atoms with van der Waals surface area (Å²) in [5, 5.41) is 12.2. The van der Waals surface area contributed by atoms with Crippen LogP contribution in [0.1, 0.15) is 44.8 Å². The van der Waals surface area contributed by atoms with E-state index in [9.17, 15) is 0 Å². The van der Waals surface area contributed by atoms with Gasteiger partial charge in [-0.3, -0.25) is 0 Å². The highest BCUT2D eigenvalue weighted by atomic mass is 15.4. The molecule has 4 heteroatoms. The molecule has 21 heavy (non-hydrogen) atoms. The highest BCUT2D eigenvalue weighted by molar-refractivity contribution is 5.32. The molecule has 1 aromatic carbocycles. The monoisotopic (exact) mass is 284 g/mol. The van der Waals surface area contributed by atoms with Gasteiger partial charge < -0.3 is 5.32 Å². The lowest BCUT2D eigenvalue weighted by Crippen LogP contribution is -2.31. The zero-order chi connectivity index (χ0) is 14.7. The molecule has 0 saturated heterocycles. The summed E-state index contributed by atoms with van der Waals surface area (Å²) in [4.78, 5) is 0. The average molecular weight is 284 g/mol. The number of para-hydroxylation sites is 1. The van der Waals surface area contributed by atoms with Gasteiger partial charge in [-0.1, -0.05) is 50.1 Å². The lowest BCUT2D eigenvalue weighted by molar-refractivity contribution is 0.297. The topological polar surface area (TPSA) is 42.7 Å².